The van der Waals surface area contributed by atoms with Crippen LogP contribution in [0.15, 0.2) is 0 Å². The molecule has 1 unspecified atom stereocenters. The molecule has 38 heavy (non-hydrogen) atoms. The molecule has 4 radical (unpaired) electrons. The Morgan fingerprint density at radius 3 is 0.947 bits per heavy atom. The molecular formula is C32H64O5Sn. The van der Waals surface area contributed by atoms with Crippen LogP contribution in [0, 0.1) is 13.8 Å². The molecule has 0 amide bonds. The van der Waals surface area contributed by atoms with Crippen LogP contribution in [0.3, 0.4) is 0 Å². The molecular weight excluding hydrogens is 583 g/mol. The van der Waals surface area contributed by atoms with Gasteiger partial charge in [0.15, 0.2) is 0 Å². The summed E-state index contributed by atoms with van der Waals surface area (Å²) in [7, 11) is 0. The van der Waals surface area contributed by atoms with E-state index in [2.05, 4.69) is 34.6 Å². The molecule has 0 rings (SSSR count). The van der Waals surface area contributed by atoms with Crippen molar-refractivity contribution in [2.24, 2.45) is 0 Å². The van der Waals surface area contributed by atoms with Crippen LogP contribution in [0.2, 0.25) is 0 Å². The van der Waals surface area contributed by atoms with E-state index in [1.807, 2.05) is 0 Å². The minimum Gasteiger partial charge on any atom is -0.550 e. The van der Waals surface area contributed by atoms with Crippen LogP contribution < -0.4 is 10.2 Å². The van der Waals surface area contributed by atoms with Gasteiger partial charge in [0.25, 0.3) is 0 Å². The Morgan fingerprint density at radius 2 is 0.789 bits per heavy atom. The third kappa shape index (κ3) is 70.5. The van der Waals surface area contributed by atoms with Gasteiger partial charge in [0, 0.05) is 11.9 Å². The van der Waals surface area contributed by atoms with Crippen LogP contribution in [0.5, 0.6) is 0 Å². The molecule has 0 saturated heterocycles. The van der Waals surface area contributed by atoms with Crippen LogP contribution in [-0.2, 0) is 9.59 Å². The molecule has 0 aliphatic rings. The van der Waals surface area contributed by atoms with Crippen molar-refractivity contribution in [1.29, 1.82) is 0 Å². The number of carbonyl (C=O) groups excluding carboxylic acids is 2. The first-order valence-corrected chi connectivity index (χ1v) is 15.4. The predicted octanol–water partition coefficient (Wildman–Crippen LogP) is 7.15. The second-order valence-electron chi connectivity index (χ2n) is 9.89. The SMILES string of the molecule is CCCCCCCCCCCC(=O)[O-].CCCCCCCCCCCC(=O)[O-].[CH2]CC(C)O.[CH2]CCC.[Sn+2]. The number of hydrogen-bond acceptors (Lipinski definition) is 5. The number of aliphatic hydroxyl groups excluding tert-OH is 1. The van der Waals surface area contributed by atoms with Crippen LogP contribution in [0.4, 0.5) is 0 Å². The Balaban J connectivity index is -0.000000142. The third-order valence-corrected chi connectivity index (χ3v) is 5.74. The van der Waals surface area contributed by atoms with Crippen molar-refractivity contribution in [3.05, 3.63) is 13.8 Å². The van der Waals surface area contributed by atoms with Crippen molar-refractivity contribution in [2.75, 3.05) is 0 Å². The Hall–Kier alpha value is -0.301. The van der Waals surface area contributed by atoms with E-state index < -0.39 is 11.9 Å². The van der Waals surface area contributed by atoms with Gasteiger partial charge in [-0.15, -0.1) is 0 Å². The maximum Gasteiger partial charge on any atom is 2.00 e. The van der Waals surface area contributed by atoms with Gasteiger partial charge in [-0.2, -0.15) is 0 Å². The second kappa shape index (κ2) is 46.5. The number of carboxylic acid groups (broad SMARTS) is 2. The summed E-state index contributed by atoms with van der Waals surface area (Å²) in [5.41, 5.74) is 0. The molecule has 5 nitrogen and oxygen atoms in total. The zero-order valence-electron chi connectivity index (χ0n) is 25.8. The molecule has 0 aromatic heterocycles. The zero-order valence-corrected chi connectivity index (χ0v) is 28.7. The van der Waals surface area contributed by atoms with Gasteiger partial charge < -0.3 is 24.9 Å². The fourth-order valence-electron chi connectivity index (χ4n) is 3.16. The van der Waals surface area contributed by atoms with E-state index in [1.165, 1.54) is 96.3 Å². The second-order valence-corrected chi connectivity index (χ2v) is 9.89. The number of carboxylic acids is 2. The molecule has 0 aromatic carbocycles. The molecule has 6 heteroatoms. The molecule has 1 N–H and O–H groups in total. The summed E-state index contributed by atoms with van der Waals surface area (Å²) >= 11 is 0. The van der Waals surface area contributed by atoms with Gasteiger partial charge in [0.1, 0.15) is 0 Å². The first-order chi connectivity index (χ1) is 17.7. The molecule has 226 valence electrons. The first-order valence-electron chi connectivity index (χ1n) is 15.4. The van der Waals surface area contributed by atoms with Gasteiger partial charge in [-0.1, -0.05) is 150 Å². The van der Waals surface area contributed by atoms with E-state index in [9.17, 15) is 19.8 Å². The van der Waals surface area contributed by atoms with Gasteiger partial charge in [-0.3, -0.25) is 0 Å². The maximum atomic E-state index is 10.1. The number of carbonyl (C=O) groups is 2. The van der Waals surface area contributed by atoms with Gasteiger partial charge in [-0.25, -0.2) is 0 Å². The Morgan fingerprint density at radius 1 is 0.579 bits per heavy atom. The van der Waals surface area contributed by atoms with Gasteiger partial charge >= 0.3 is 23.9 Å². The molecule has 0 aliphatic carbocycles. The van der Waals surface area contributed by atoms with E-state index >= 15 is 0 Å². The topological polar surface area (TPSA) is 100 Å². The normalized spacial score (nSPS) is 10.4. The monoisotopic (exact) mass is 648 g/mol. The van der Waals surface area contributed by atoms with Crippen molar-refractivity contribution in [1.82, 2.24) is 0 Å². The van der Waals surface area contributed by atoms with E-state index in [-0.39, 0.29) is 42.9 Å². The maximum absolute atomic E-state index is 10.1. The molecule has 0 heterocycles. The number of rotatable bonds is 22. The molecule has 0 spiro atoms. The van der Waals surface area contributed by atoms with Crippen molar-refractivity contribution in [2.45, 2.75) is 181 Å². The first kappa shape index (κ1) is 47.5. The average Bonchev–Trinajstić information content (AvgIpc) is 2.87. The fourth-order valence-corrected chi connectivity index (χ4v) is 3.16. The van der Waals surface area contributed by atoms with Crippen LogP contribution in [-0.4, -0.2) is 47.1 Å². The smallest absolute Gasteiger partial charge is 0.550 e. The number of aliphatic carboxylic acids is 2. The average molecular weight is 648 g/mol. The summed E-state index contributed by atoms with van der Waals surface area (Å²) in [4.78, 5) is 20.2. The molecule has 0 aliphatic heterocycles. The minimum atomic E-state index is -0.909. The molecule has 1 atom stereocenters. The Labute approximate surface area is 255 Å². The fraction of sp³-hybridized carbons (Fsp3) is 0.875. The van der Waals surface area contributed by atoms with Crippen LogP contribution in [0.1, 0.15) is 175 Å². The zero-order chi connectivity index (χ0) is 29.0. The van der Waals surface area contributed by atoms with E-state index in [4.69, 9.17) is 5.11 Å². The minimum absolute atomic E-state index is 0. The van der Waals surface area contributed by atoms with Gasteiger partial charge in [-0.05, 0) is 39.0 Å². The van der Waals surface area contributed by atoms with Gasteiger partial charge in [0.05, 0.1) is 6.10 Å². The van der Waals surface area contributed by atoms with Crippen molar-refractivity contribution < 1.29 is 24.9 Å². The third-order valence-electron chi connectivity index (χ3n) is 5.74. The quantitative estimate of drug-likeness (QED) is 0.0995. The summed E-state index contributed by atoms with van der Waals surface area (Å²) in [5.74, 6) is -1.82. The van der Waals surface area contributed by atoms with Crippen LogP contribution >= 0.6 is 0 Å². The molecule has 0 saturated carbocycles. The Bertz CT molecular complexity index is 383. The van der Waals surface area contributed by atoms with Crippen LogP contribution in [0.25, 0.3) is 0 Å². The van der Waals surface area contributed by atoms with Crippen molar-refractivity contribution in [3.63, 3.8) is 0 Å². The Kier molecular flexibility index (Phi) is 58.2. The largest absolute Gasteiger partial charge is 2.00 e. The number of hydrogen-bond donors (Lipinski definition) is 1. The number of unbranched alkanes of at least 4 members (excludes halogenated alkanes) is 17. The van der Waals surface area contributed by atoms with Gasteiger partial charge in [0.2, 0.25) is 0 Å². The molecule has 0 fully saturated rings. The molecule has 0 aromatic rings. The number of aliphatic hydroxyl groups is 1. The molecule has 0 bridgehead atoms. The van der Waals surface area contributed by atoms with E-state index in [0.29, 0.717) is 6.42 Å². The summed E-state index contributed by atoms with van der Waals surface area (Å²) in [6.45, 7) is 15.3. The van der Waals surface area contributed by atoms with E-state index in [1.54, 1.807) is 6.92 Å². The summed E-state index contributed by atoms with van der Waals surface area (Å²) in [6.07, 6.45) is 25.0. The standard InChI is InChI=1S/2C12H24O2.C4H9O.C4H9.Sn/c2*1-2-3-4-5-6-7-8-9-10-11-12(13)14;1-3-4(2)5;1-3-4-2;/h2*2-11H2,1H3,(H,13,14);4-5H,1,3H2,2H3;1,3-4H2,2H3;/q;;;;+2/p-2. The van der Waals surface area contributed by atoms with Crippen molar-refractivity contribution in [3.8, 4) is 0 Å². The summed E-state index contributed by atoms with van der Waals surface area (Å²) in [5, 5.41) is 28.5. The van der Waals surface area contributed by atoms with Crippen molar-refractivity contribution >= 4 is 35.8 Å². The van der Waals surface area contributed by atoms with E-state index in [0.717, 1.165) is 32.1 Å². The summed E-state index contributed by atoms with van der Waals surface area (Å²) < 4.78 is 0. The summed E-state index contributed by atoms with van der Waals surface area (Å²) in [6, 6.07) is 0. The predicted molar refractivity (Wildman–Crippen MR) is 161 cm³/mol.